The Hall–Kier alpha value is -3.16. The standard InChI is InChI=1S/C22H19F4N5O2S2/c1-21(2,3)30-35(32,33)19-9-8-17(34-19)16-11-31(12-27-16)20-28-15(10-18(29-20)22(24,25)26)13-4-6-14(23)7-5-13/h4-12,30H,1-3H3. The highest BCUT2D eigenvalue weighted by Crippen LogP contribution is 2.33. The lowest BCUT2D eigenvalue weighted by molar-refractivity contribution is -0.141. The van der Waals surface area contributed by atoms with Gasteiger partial charge in [0.15, 0.2) is 5.69 Å². The van der Waals surface area contributed by atoms with Crippen LogP contribution < -0.4 is 4.72 Å². The minimum atomic E-state index is -4.74. The highest BCUT2D eigenvalue weighted by atomic mass is 32.2. The van der Waals surface area contributed by atoms with Crippen LogP contribution in [0.25, 0.3) is 27.8 Å². The van der Waals surface area contributed by atoms with E-state index in [-0.39, 0.29) is 21.4 Å². The van der Waals surface area contributed by atoms with Gasteiger partial charge in [-0.25, -0.2) is 32.5 Å². The van der Waals surface area contributed by atoms with Gasteiger partial charge in [0.05, 0.1) is 16.3 Å². The van der Waals surface area contributed by atoms with Crippen molar-refractivity contribution < 1.29 is 26.0 Å². The van der Waals surface area contributed by atoms with Gasteiger partial charge in [-0.05, 0) is 63.2 Å². The normalized spacial score (nSPS) is 12.8. The molecule has 0 atom stereocenters. The predicted octanol–water partition coefficient (Wildman–Crippen LogP) is 5.29. The van der Waals surface area contributed by atoms with Gasteiger partial charge >= 0.3 is 6.18 Å². The minimum Gasteiger partial charge on any atom is -0.274 e. The number of benzene rings is 1. The molecule has 0 radical (unpaired) electrons. The fourth-order valence-electron chi connectivity index (χ4n) is 3.08. The van der Waals surface area contributed by atoms with Gasteiger partial charge in [0.2, 0.25) is 5.95 Å². The Balaban J connectivity index is 1.71. The minimum absolute atomic E-state index is 0.0460. The Kier molecular flexibility index (Phi) is 6.28. The van der Waals surface area contributed by atoms with Crippen molar-refractivity contribution in [3.05, 3.63) is 66.5 Å². The van der Waals surface area contributed by atoms with Gasteiger partial charge in [-0.1, -0.05) is 0 Å². The molecule has 0 aliphatic carbocycles. The number of halogens is 4. The summed E-state index contributed by atoms with van der Waals surface area (Å²) in [6.07, 6.45) is -2.10. The second-order valence-corrected chi connectivity index (χ2v) is 11.6. The van der Waals surface area contributed by atoms with Crippen LogP contribution >= 0.6 is 11.3 Å². The Labute approximate surface area is 202 Å². The summed E-state index contributed by atoms with van der Waals surface area (Å²) in [5.41, 5.74) is -1.28. The lowest BCUT2D eigenvalue weighted by Crippen LogP contribution is -2.40. The SMILES string of the molecule is CC(C)(C)NS(=O)(=O)c1ccc(-c2cn(-c3nc(-c4ccc(F)cc4)cc(C(F)(F)F)n3)cn2)s1. The zero-order valence-electron chi connectivity index (χ0n) is 18.6. The number of hydrogen-bond acceptors (Lipinski definition) is 6. The molecule has 0 aliphatic heterocycles. The van der Waals surface area contributed by atoms with Crippen molar-refractivity contribution in [1.82, 2.24) is 24.2 Å². The molecule has 0 saturated carbocycles. The van der Waals surface area contributed by atoms with Crippen molar-refractivity contribution in [2.75, 3.05) is 0 Å². The van der Waals surface area contributed by atoms with Gasteiger partial charge in [0.25, 0.3) is 10.0 Å². The molecule has 0 spiro atoms. The van der Waals surface area contributed by atoms with Crippen LogP contribution in [0.5, 0.6) is 0 Å². The van der Waals surface area contributed by atoms with E-state index in [1.807, 2.05) is 0 Å². The second-order valence-electron chi connectivity index (χ2n) is 8.58. The summed E-state index contributed by atoms with van der Waals surface area (Å²) in [5, 5.41) is 0. The van der Waals surface area contributed by atoms with Crippen molar-refractivity contribution >= 4 is 21.4 Å². The number of hydrogen-bond donors (Lipinski definition) is 1. The van der Waals surface area contributed by atoms with E-state index >= 15 is 0 Å². The Morgan fingerprint density at radius 2 is 1.66 bits per heavy atom. The maximum atomic E-state index is 13.5. The van der Waals surface area contributed by atoms with Crippen molar-refractivity contribution in [1.29, 1.82) is 0 Å². The molecule has 1 aromatic carbocycles. The first-order chi connectivity index (χ1) is 16.2. The van der Waals surface area contributed by atoms with Gasteiger partial charge in [-0.3, -0.25) is 4.57 Å². The van der Waals surface area contributed by atoms with Crippen LogP contribution in [0, 0.1) is 5.82 Å². The first-order valence-corrected chi connectivity index (χ1v) is 12.4. The highest BCUT2D eigenvalue weighted by molar-refractivity contribution is 7.91. The molecule has 13 heteroatoms. The van der Waals surface area contributed by atoms with Crippen molar-refractivity contribution in [3.8, 4) is 27.8 Å². The molecule has 4 aromatic rings. The number of rotatable bonds is 5. The van der Waals surface area contributed by atoms with E-state index in [4.69, 9.17) is 0 Å². The maximum absolute atomic E-state index is 13.5. The zero-order chi connectivity index (χ0) is 25.6. The molecular formula is C22H19F4N5O2S2. The number of nitrogens with one attached hydrogen (secondary N) is 1. The fourth-order valence-corrected chi connectivity index (χ4v) is 5.76. The fraction of sp³-hybridized carbons (Fsp3) is 0.227. The Bertz CT molecular complexity index is 1470. The van der Waals surface area contributed by atoms with Crippen molar-refractivity contribution in [2.24, 2.45) is 0 Å². The zero-order valence-corrected chi connectivity index (χ0v) is 20.3. The second kappa shape index (κ2) is 8.81. The summed E-state index contributed by atoms with van der Waals surface area (Å²) in [4.78, 5) is 12.5. The van der Waals surface area contributed by atoms with Crippen molar-refractivity contribution in [2.45, 2.75) is 36.7 Å². The summed E-state index contributed by atoms with van der Waals surface area (Å²) in [6, 6.07) is 8.66. The lowest BCUT2D eigenvalue weighted by atomic mass is 10.1. The van der Waals surface area contributed by atoms with Crippen LogP contribution in [0.4, 0.5) is 17.6 Å². The third kappa shape index (κ3) is 5.74. The molecular weight excluding hydrogens is 506 g/mol. The topological polar surface area (TPSA) is 89.8 Å². The van der Waals surface area contributed by atoms with Gasteiger partial charge in [-0.2, -0.15) is 13.2 Å². The van der Waals surface area contributed by atoms with Gasteiger partial charge in [0, 0.05) is 17.3 Å². The average molecular weight is 526 g/mol. The van der Waals surface area contributed by atoms with Crippen molar-refractivity contribution in [3.63, 3.8) is 0 Å². The molecule has 0 amide bonds. The van der Waals surface area contributed by atoms with Gasteiger partial charge in [0.1, 0.15) is 16.4 Å². The van der Waals surface area contributed by atoms with E-state index < -0.39 is 33.2 Å². The number of thiophene rings is 1. The summed E-state index contributed by atoms with van der Waals surface area (Å²) in [7, 11) is -3.75. The number of alkyl halides is 3. The molecule has 184 valence electrons. The van der Waals surface area contributed by atoms with Gasteiger partial charge < -0.3 is 0 Å². The third-order valence-corrected chi connectivity index (χ3v) is 7.86. The first kappa shape index (κ1) is 24.9. The van der Waals surface area contributed by atoms with E-state index in [0.29, 0.717) is 10.6 Å². The molecule has 4 rings (SSSR count). The van der Waals surface area contributed by atoms with E-state index in [1.165, 1.54) is 35.3 Å². The van der Waals surface area contributed by atoms with Crippen LogP contribution in [0.1, 0.15) is 26.5 Å². The summed E-state index contributed by atoms with van der Waals surface area (Å²) in [5.74, 6) is -0.829. The third-order valence-electron chi connectivity index (χ3n) is 4.50. The number of nitrogens with zero attached hydrogens (tertiary/aromatic N) is 4. The summed E-state index contributed by atoms with van der Waals surface area (Å²) in [6.45, 7) is 5.15. The van der Waals surface area contributed by atoms with Crippen LogP contribution in [-0.2, 0) is 16.2 Å². The Morgan fingerprint density at radius 3 is 2.29 bits per heavy atom. The molecule has 0 fully saturated rings. The monoisotopic (exact) mass is 525 g/mol. The summed E-state index contributed by atoms with van der Waals surface area (Å²) < 4.78 is 82.8. The largest absolute Gasteiger partial charge is 0.433 e. The number of aromatic nitrogens is 4. The molecule has 1 N–H and O–H groups in total. The number of imidazole rings is 1. The number of sulfonamides is 1. The van der Waals surface area contributed by atoms with Crippen LogP contribution in [0.3, 0.4) is 0 Å². The molecule has 3 aromatic heterocycles. The first-order valence-electron chi connectivity index (χ1n) is 10.1. The molecule has 0 aliphatic rings. The van der Waals surface area contributed by atoms with Gasteiger partial charge in [-0.15, -0.1) is 11.3 Å². The van der Waals surface area contributed by atoms with Crippen LogP contribution in [0.15, 0.2) is 59.2 Å². The molecule has 3 heterocycles. The lowest BCUT2D eigenvalue weighted by Gasteiger charge is -2.19. The average Bonchev–Trinajstić information content (AvgIpc) is 3.42. The van der Waals surface area contributed by atoms with Crippen LogP contribution in [0.2, 0.25) is 0 Å². The van der Waals surface area contributed by atoms with E-state index in [0.717, 1.165) is 29.5 Å². The maximum Gasteiger partial charge on any atom is 0.433 e. The smallest absolute Gasteiger partial charge is 0.274 e. The molecule has 35 heavy (non-hydrogen) atoms. The predicted molar refractivity (Wildman–Crippen MR) is 123 cm³/mol. The molecule has 0 unspecified atom stereocenters. The molecule has 0 saturated heterocycles. The van der Waals surface area contributed by atoms with E-state index in [1.54, 1.807) is 26.8 Å². The quantitative estimate of drug-likeness (QED) is 0.358. The molecule has 7 nitrogen and oxygen atoms in total. The molecule has 0 bridgehead atoms. The van der Waals surface area contributed by atoms with Crippen LogP contribution in [-0.4, -0.2) is 33.5 Å². The Morgan fingerprint density at radius 1 is 0.971 bits per heavy atom. The van der Waals surface area contributed by atoms with E-state index in [9.17, 15) is 26.0 Å². The van der Waals surface area contributed by atoms with E-state index in [2.05, 4.69) is 19.7 Å². The highest BCUT2D eigenvalue weighted by Gasteiger charge is 2.34. The summed E-state index contributed by atoms with van der Waals surface area (Å²) >= 11 is 0.968.